The molecular formula is C23H30N6O3S. The van der Waals surface area contributed by atoms with Gasteiger partial charge in [0.15, 0.2) is 0 Å². The van der Waals surface area contributed by atoms with E-state index in [0.29, 0.717) is 24.1 Å². The van der Waals surface area contributed by atoms with E-state index in [4.69, 9.17) is 15.0 Å². The molecule has 2 saturated carbocycles. The zero-order valence-electron chi connectivity index (χ0n) is 18.9. The molecule has 3 aromatic rings. The first-order valence-corrected chi connectivity index (χ1v) is 12.3. The molecule has 0 aliphatic heterocycles. The summed E-state index contributed by atoms with van der Waals surface area (Å²) in [5, 5.41) is 38.7. The summed E-state index contributed by atoms with van der Waals surface area (Å²) in [6.07, 6.45) is 3.58. The van der Waals surface area contributed by atoms with Crippen molar-refractivity contribution in [2.45, 2.75) is 70.4 Å². The predicted molar refractivity (Wildman–Crippen MR) is 128 cm³/mol. The first-order valence-electron chi connectivity index (χ1n) is 11.5. The molecule has 0 aromatic carbocycles. The van der Waals surface area contributed by atoms with E-state index >= 15 is 0 Å². The molecule has 10 heteroatoms. The first kappa shape index (κ1) is 22.4. The van der Waals surface area contributed by atoms with Crippen LogP contribution >= 0.6 is 11.3 Å². The number of anilines is 2. The third-order valence-electron chi connectivity index (χ3n) is 6.85. The van der Waals surface area contributed by atoms with E-state index in [2.05, 4.69) is 22.5 Å². The monoisotopic (exact) mass is 470 g/mol. The van der Waals surface area contributed by atoms with Crippen LogP contribution in [0.4, 0.5) is 11.8 Å². The van der Waals surface area contributed by atoms with E-state index < -0.39 is 30.3 Å². The van der Waals surface area contributed by atoms with Crippen molar-refractivity contribution in [1.29, 1.82) is 0 Å². The molecule has 2 fully saturated rings. The molecule has 9 nitrogen and oxygen atoms in total. The Morgan fingerprint density at radius 3 is 2.58 bits per heavy atom. The van der Waals surface area contributed by atoms with Crippen LogP contribution < -0.4 is 10.6 Å². The van der Waals surface area contributed by atoms with Gasteiger partial charge in [0.1, 0.15) is 22.4 Å². The standard InChI is InChI=1S/C23H30N6O3S/c1-10(13-4-5-13)25-23-26-11(2)18(22-28-16-9-24-7-6-17(16)33-22)21(29-23)27-15-8-14(12(3)30)19(31)20(15)32/h6-7,9-10,12-15,19-20,30-32H,4-5,8H2,1-3H3,(H2,25,26,27,29)/t10-,12?,14?,15-,19-,20+/m1/s1. The summed E-state index contributed by atoms with van der Waals surface area (Å²) in [6.45, 7) is 5.71. The smallest absolute Gasteiger partial charge is 0.225 e. The Bertz CT molecular complexity index is 1120. The summed E-state index contributed by atoms with van der Waals surface area (Å²) >= 11 is 1.53. The Hall–Kier alpha value is -2.40. The molecule has 6 atom stereocenters. The number of nitrogens with one attached hydrogen (secondary N) is 2. The lowest BCUT2D eigenvalue weighted by molar-refractivity contribution is -0.0162. The Kier molecular flexibility index (Phi) is 5.94. The topological polar surface area (TPSA) is 136 Å². The molecule has 2 unspecified atom stereocenters. The average molecular weight is 471 g/mol. The van der Waals surface area contributed by atoms with Crippen molar-refractivity contribution < 1.29 is 15.3 Å². The molecule has 2 aliphatic carbocycles. The molecule has 5 rings (SSSR count). The lowest BCUT2D eigenvalue weighted by Gasteiger charge is -2.22. The summed E-state index contributed by atoms with van der Waals surface area (Å²) < 4.78 is 1.01. The average Bonchev–Trinajstić information content (AvgIpc) is 3.48. The van der Waals surface area contributed by atoms with E-state index in [9.17, 15) is 15.3 Å². The number of aryl methyl sites for hydroxylation is 1. The fraction of sp³-hybridized carbons (Fsp3) is 0.565. The number of aliphatic hydroxyl groups excluding tert-OH is 3. The van der Waals surface area contributed by atoms with Crippen LogP contribution in [0.25, 0.3) is 20.8 Å². The van der Waals surface area contributed by atoms with Crippen molar-refractivity contribution in [3.8, 4) is 10.6 Å². The lowest BCUT2D eigenvalue weighted by atomic mass is 10.00. The Morgan fingerprint density at radius 1 is 1.12 bits per heavy atom. The number of hydrogen-bond donors (Lipinski definition) is 5. The summed E-state index contributed by atoms with van der Waals surface area (Å²) in [5.41, 5.74) is 2.34. The summed E-state index contributed by atoms with van der Waals surface area (Å²) in [6, 6.07) is 1.74. The molecule has 0 spiro atoms. The molecule has 0 radical (unpaired) electrons. The quantitative estimate of drug-likeness (QED) is 0.353. The summed E-state index contributed by atoms with van der Waals surface area (Å²) in [7, 11) is 0. The van der Waals surface area contributed by atoms with Gasteiger partial charge in [0.2, 0.25) is 5.95 Å². The van der Waals surface area contributed by atoms with Crippen molar-refractivity contribution in [2.24, 2.45) is 11.8 Å². The molecule has 3 heterocycles. The fourth-order valence-corrected chi connectivity index (χ4v) is 5.70. The van der Waals surface area contributed by atoms with Crippen LogP contribution in [0.5, 0.6) is 0 Å². The zero-order chi connectivity index (χ0) is 23.3. The largest absolute Gasteiger partial charge is 0.393 e. The number of pyridine rings is 1. The second-order valence-corrected chi connectivity index (χ2v) is 10.4. The highest BCUT2D eigenvalue weighted by Crippen LogP contribution is 2.39. The van der Waals surface area contributed by atoms with Crippen LogP contribution in [0, 0.1) is 18.8 Å². The van der Waals surface area contributed by atoms with E-state index in [1.807, 2.05) is 13.0 Å². The minimum atomic E-state index is -1.02. The maximum atomic E-state index is 10.7. The molecule has 0 bridgehead atoms. The van der Waals surface area contributed by atoms with Gasteiger partial charge in [-0.3, -0.25) is 4.98 Å². The van der Waals surface area contributed by atoms with Gasteiger partial charge < -0.3 is 26.0 Å². The van der Waals surface area contributed by atoms with Crippen LogP contribution in [0.3, 0.4) is 0 Å². The molecule has 5 N–H and O–H groups in total. The number of nitrogens with zero attached hydrogens (tertiary/aromatic N) is 4. The van der Waals surface area contributed by atoms with Gasteiger partial charge in [0.05, 0.1) is 40.4 Å². The summed E-state index contributed by atoms with van der Waals surface area (Å²) in [4.78, 5) is 18.4. The van der Waals surface area contributed by atoms with E-state index in [1.165, 1.54) is 24.2 Å². The van der Waals surface area contributed by atoms with E-state index in [1.54, 1.807) is 19.3 Å². The number of aliphatic hydroxyl groups is 3. The molecule has 33 heavy (non-hydrogen) atoms. The van der Waals surface area contributed by atoms with Crippen molar-refractivity contribution in [1.82, 2.24) is 19.9 Å². The van der Waals surface area contributed by atoms with E-state index in [-0.39, 0.29) is 6.04 Å². The predicted octanol–water partition coefficient (Wildman–Crippen LogP) is 2.57. The number of hydrogen-bond acceptors (Lipinski definition) is 10. The minimum Gasteiger partial charge on any atom is -0.393 e. The molecule has 0 amide bonds. The number of aromatic nitrogens is 4. The Balaban J connectivity index is 1.53. The van der Waals surface area contributed by atoms with Crippen molar-refractivity contribution >= 4 is 33.3 Å². The highest BCUT2D eigenvalue weighted by Gasteiger charge is 2.44. The number of rotatable bonds is 7. The van der Waals surface area contributed by atoms with Gasteiger partial charge in [-0.1, -0.05) is 0 Å². The SMILES string of the molecule is Cc1nc(N[C@H](C)C2CC2)nc(N[C@@H]2CC(C(C)O)[C@@H](O)[C@H]2O)c1-c1nc2cnccc2s1. The maximum Gasteiger partial charge on any atom is 0.225 e. The van der Waals surface area contributed by atoms with Gasteiger partial charge in [0, 0.05) is 18.2 Å². The minimum absolute atomic E-state index is 0.273. The third-order valence-corrected chi connectivity index (χ3v) is 7.90. The number of thiazole rings is 1. The van der Waals surface area contributed by atoms with Gasteiger partial charge in [0.25, 0.3) is 0 Å². The fourth-order valence-electron chi connectivity index (χ4n) is 4.67. The van der Waals surface area contributed by atoms with Crippen LogP contribution in [0.1, 0.15) is 38.8 Å². The van der Waals surface area contributed by atoms with Crippen LogP contribution in [0.15, 0.2) is 18.5 Å². The number of fused-ring (bicyclic) bond motifs is 1. The maximum absolute atomic E-state index is 10.7. The van der Waals surface area contributed by atoms with E-state index in [0.717, 1.165) is 26.5 Å². The highest BCUT2D eigenvalue weighted by molar-refractivity contribution is 7.21. The Morgan fingerprint density at radius 2 is 1.91 bits per heavy atom. The molecular weight excluding hydrogens is 440 g/mol. The van der Waals surface area contributed by atoms with Crippen LogP contribution in [-0.4, -0.2) is 65.7 Å². The van der Waals surface area contributed by atoms with Crippen molar-refractivity contribution in [3.05, 3.63) is 24.2 Å². The second-order valence-electron chi connectivity index (χ2n) is 9.36. The van der Waals surface area contributed by atoms with Crippen LogP contribution in [0.2, 0.25) is 0 Å². The second kappa shape index (κ2) is 8.75. The van der Waals surface area contributed by atoms with Crippen molar-refractivity contribution in [3.63, 3.8) is 0 Å². The highest BCUT2D eigenvalue weighted by atomic mass is 32.1. The third kappa shape index (κ3) is 4.40. The van der Waals surface area contributed by atoms with Gasteiger partial charge in [-0.05, 0) is 52.0 Å². The van der Waals surface area contributed by atoms with Crippen molar-refractivity contribution in [2.75, 3.05) is 10.6 Å². The van der Waals surface area contributed by atoms with Gasteiger partial charge in [-0.25, -0.2) is 9.97 Å². The summed E-state index contributed by atoms with van der Waals surface area (Å²) in [5.74, 6) is 1.31. The Labute approximate surface area is 196 Å². The zero-order valence-corrected chi connectivity index (χ0v) is 19.8. The molecule has 0 saturated heterocycles. The van der Waals surface area contributed by atoms with Gasteiger partial charge in [-0.2, -0.15) is 4.98 Å². The molecule has 3 aromatic heterocycles. The van der Waals surface area contributed by atoms with Crippen LogP contribution in [-0.2, 0) is 0 Å². The lowest BCUT2D eigenvalue weighted by Crippen LogP contribution is -2.36. The van der Waals surface area contributed by atoms with Gasteiger partial charge >= 0.3 is 0 Å². The molecule has 2 aliphatic rings. The molecule has 176 valence electrons. The first-order chi connectivity index (χ1) is 15.8. The van der Waals surface area contributed by atoms with Gasteiger partial charge in [-0.15, -0.1) is 11.3 Å². The normalized spacial score (nSPS) is 27.0.